The normalized spacial score (nSPS) is 11.4. The second-order valence-electron chi connectivity index (χ2n) is 7.91. The van der Waals surface area contributed by atoms with Crippen molar-refractivity contribution >= 4 is 38.3 Å². The molecule has 34 heavy (non-hydrogen) atoms. The molecule has 180 valence electrons. The van der Waals surface area contributed by atoms with Gasteiger partial charge in [0.2, 0.25) is 0 Å². The molecule has 3 rings (SSSR count). The van der Waals surface area contributed by atoms with Gasteiger partial charge in [-0.05, 0) is 76.0 Å². The van der Waals surface area contributed by atoms with Crippen LogP contribution in [-0.2, 0) is 22.0 Å². The van der Waals surface area contributed by atoms with Gasteiger partial charge in [-0.15, -0.1) is 0 Å². The number of halogens is 3. The summed E-state index contributed by atoms with van der Waals surface area (Å²) >= 11 is 1.98. The molecule has 0 saturated carbocycles. The number of rotatable bonds is 10. The van der Waals surface area contributed by atoms with Crippen molar-refractivity contribution in [2.45, 2.75) is 31.9 Å². The first kappa shape index (κ1) is 26.1. The molecule has 0 fully saturated rings. The lowest BCUT2D eigenvalue weighted by atomic mass is 9.98. The molecule has 0 aliphatic heterocycles. The smallest absolute Gasteiger partial charge is 0.252 e. The Morgan fingerprint density at radius 3 is 2.50 bits per heavy atom. The number of carbonyl (C=O) groups is 1. The molecule has 3 aromatic carbocycles. The van der Waals surface area contributed by atoms with Crippen LogP contribution in [0.25, 0.3) is 0 Å². The first-order valence-corrected chi connectivity index (χ1v) is 13.5. The van der Waals surface area contributed by atoms with E-state index in [1.165, 1.54) is 12.1 Å². The zero-order valence-corrected chi connectivity index (χ0v) is 21.5. The third-order valence-corrected chi connectivity index (χ3v) is 7.47. The SMILES string of the molecule is CCCCS(=O)(=O)Cc1cccc(Oc2cc(F)cc(Cc3ccc(I)cc3F)c2C(N)=O)c1. The molecule has 2 N–H and O–H groups in total. The molecule has 0 radical (unpaired) electrons. The van der Waals surface area contributed by atoms with Crippen LogP contribution in [0.4, 0.5) is 8.78 Å². The van der Waals surface area contributed by atoms with Crippen molar-refractivity contribution in [3.05, 3.63) is 92.1 Å². The van der Waals surface area contributed by atoms with E-state index in [0.717, 1.165) is 18.6 Å². The molecule has 0 aliphatic carbocycles. The monoisotopic (exact) mass is 599 g/mol. The van der Waals surface area contributed by atoms with Gasteiger partial charge in [0.15, 0.2) is 9.84 Å². The van der Waals surface area contributed by atoms with E-state index in [-0.39, 0.29) is 46.1 Å². The zero-order valence-electron chi connectivity index (χ0n) is 18.5. The van der Waals surface area contributed by atoms with E-state index < -0.39 is 27.4 Å². The summed E-state index contributed by atoms with van der Waals surface area (Å²) in [4.78, 5) is 12.3. The summed E-state index contributed by atoms with van der Waals surface area (Å²) in [5.74, 6) is -1.99. The average Bonchev–Trinajstić information content (AvgIpc) is 2.73. The number of primary amides is 1. The number of hydrogen-bond acceptors (Lipinski definition) is 4. The van der Waals surface area contributed by atoms with E-state index in [9.17, 15) is 22.0 Å². The Balaban J connectivity index is 1.94. The Labute approximate surface area is 211 Å². The maximum Gasteiger partial charge on any atom is 0.252 e. The second-order valence-corrected chi connectivity index (χ2v) is 11.3. The van der Waals surface area contributed by atoms with Crippen molar-refractivity contribution in [2.24, 2.45) is 5.73 Å². The largest absolute Gasteiger partial charge is 0.456 e. The number of benzene rings is 3. The van der Waals surface area contributed by atoms with Crippen molar-refractivity contribution in [3.8, 4) is 11.5 Å². The number of sulfone groups is 1. The van der Waals surface area contributed by atoms with E-state index in [1.54, 1.807) is 30.3 Å². The van der Waals surface area contributed by atoms with Crippen LogP contribution in [0.3, 0.4) is 0 Å². The molecular formula is C25H24F2INO4S. The fourth-order valence-corrected chi connectivity index (χ4v) is 5.54. The summed E-state index contributed by atoms with van der Waals surface area (Å²) in [5, 5.41) is 0. The Kier molecular flexibility index (Phi) is 8.64. The number of nitrogens with two attached hydrogens (primary N) is 1. The van der Waals surface area contributed by atoms with E-state index in [0.29, 0.717) is 15.6 Å². The van der Waals surface area contributed by atoms with Gasteiger partial charge in [-0.1, -0.05) is 31.5 Å². The van der Waals surface area contributed by atoms with Crippen LogP contribution >= 0.6 is 22.6 Å². The molecule has 0 bridgehead atoms. The molecule has 3 aromatic rings. The van der Waals surface area contributed by atoms with Gasteiger partial charge in [0, 0.05) is 16.1 Å². The third-order valence-electron chi connectivity index (χ3n) is 5.11. The third kappa shape index (κ3) is 6.99. The predicted octanol–water partition coefficient (Wildman–Crippen LogP) is 5.77. The fraction of sp³-hybridized carbons (Fsp3) is 0.240. The van der Waals surface area contributed by atoms with Crippen molar-refractivity contribution < 1.29 is 26.7 Å². The maximum absolute atomic E-state index is 14.5. The van der Waals surface area contributed by atoms with Gasteiger partial charge in [-0.3, -0.25) is 4.79 Å². The van der Waals surface area contributed by atoms with Crippen LogP contribution in [0.1, 0.15) is 46.8 Å². The number of ether oxygens (including phenoxy) is 1. The fourth-order valence-electron chi connectivity index (χ4n) is 3.52. The van der Waals surface area contributed by atoms with E-state index >= 15 is 0 Å². The lowest BCUT2D eigenvalue weighted by Crippen LogP contribution is -2.16. The Bertz CT molecular complexity index is 1310. The molecule has 0 atom stereocenters. The van der Waals surface area contributed by atoms with Gasteiger partial charge in [0.05, 0.1) is 17.1 Å². The molecule has 0 aliphatic rings. The minimum absolute atomic E-state index is 0.0646. The lowest BCUT2D eigenvalue weighted by Gasteiger charge is -2.15. The topological polar surface area (TPSA) is 86.5 Å². The predicted molar refractivity (Wildman–Crippen MR) is 136 cm³/mol. The second kappa shape index (κ2) is 11.3. The molecular weight excluding hydrogens is 575 g/mol. The number of unbranched alkanes of at least 4 members (excludes halogenated alkanes) is 1. The molecule has 0 saturated heterocycles. The van der Waals surface area contributed by atoms with Crippen molar-refractivity contribution in [2.75, 3.05) is 5.75 Å². The van der Waals surface area contributed by atoms with Crippen LogP contribution < -0.4 is 10.5 Å². The zero-order chi connectivity index (χ0) is 24.9. The van der Waals surface area contributed by atoms with E-state index in [2.05, 4.69) is 0 Å². The van der Waals surface area contributed by atoms with Gasteiger partial charge in [0.25, 0.3) is 5.91 Å². The molecule has 1 amide bonds. The first-order chi connectivity index (χ1) is 16.1. The maximum atomic E-state index is 14.5. The van der Waals surface area contributed by atoms with Crippen LogP contribution in [0.15, 0.2) is 54.6 Å². The minimum Gasteiger partial charge on any atom is -0.456 e. The summed E-state index contributed by atoms with van der Waals surface area (Å²) in [6.45, 7) is 1.92. The molecule has 9 heteroatoms. The number of amides is 1. The highest BCUT2D eigenvalue weighted by atomic mass is 127. The molecule has 5 nitrogen and oxygen atoms in total. The van der Waals surface area contributed by atoms with Gasteiger partial charge >= 0.3 is 0 Å². The molecule has 0 heterocycles. The van der Waals surface area contributed by atoms with E-state index in [1.807, 2.05) is 29.5 Å². The van der Waals surface area contributed by atoms with Crippen molar-refractivity contribution in [1.29, 1.82) is 0 Å². The summed E-state index contributed by atoms with van der Waals surface area (Å²) in [6, 6.07) is 13.1. The summed E-state index contributed by atoms with van der Waals surface area (Å²) < 4.78 is 59.9. The highest BCUT2D eigenvalue weighted by Gasteiger charge is 2.20. The highest BCUT2D eigenvalue weighted by molar-refractivity contribution is 14.1. The van der Waals surface area contributed by atoms with Crippen LogP contribution in [0.2, 0.25) is 0 Å². The van der Waals surface area contributed by atoms with Gasteiger partial charge in [-0.2, -0.15) is 0 Å². The highest BCUT2D eigenvalue weighted by Crippen LogP contribution is 2.31. The average molecular weight is 599 g/mol. The minimum atomic E-state index is -3.29. The molecule has 0 aromatic heterocycles. The molecule has 0 spiro atoms. The Morgan fingerprint density at radius 2 is 1.82 bits per heavy atom. The Morgan fingerprint density at radius 1 is 1.06 bits per heavy atom. The summed E-state index contributed by atoms with van der Waals surface area (Å²) in [7, 11) is -3.29. The van der Waals surface area contributed by atoms with Gasteiger partial charge < -0.3 is 10.5 Å². The lowest BCUT2D eigenvalue weighted by molar-refractivity contribution is 0.0997. The first-order valence-electron chi connectivity index (χ1n) is 10.6. The Hall–Kier alpha value is -2.53. The van der Waals surface area contributed by atoms with E-state index in [4.69, 9.17) is 10.5 Å². The number of carbonyl (C=O) groups excluding carboxylic acids is 1. The standard InChI is InChI=1S/C25H24F2INO4S/c1-2-3-9-34(31,32)15-16-5-4-6-21(10-16)33-23-13-19(26)12-18(24(23)25(29)30)11-17-7-8-20(28)14-22(17)27/h4-8,10,12-14H,2-3,9,11,15H2,1H3,(H2,29,30). The van der Waals surface area contributed by atoms with Crippen LogP contribution in [0, 0.1) is 15.2 Å². The quantitative estimate of drug-likeness (QED) is 0.300. The summed E-state index contributed by atoms with van der Waals surface area (Å²) in [6.07, 6.45) is 1.28. The summed E-state index contributed by atoms with van der Waals surface area (Å²) in [5.41, 5.74) is 6.47. The van der Waals surface area contributed by atoms with Crippen molar-refractivity contribution in [1.82, 2.24) is 0 Å². The van der Waals surface area contributed by atoms with Crippen LogP contribution in [-0.4, -0.2) is 20.1 Å². The molecule has 0 unspecified atom stereocenters. The number of hydrogen-bond donors (Lipinski definition) is 1. The van der Waals surface area contributed by atoms with Crippen molar-refractivity contribution in [3.63, 3.8) is 0 Å². The van der Waals surface area contributed by atoms with Gasteiger partial charge in [0.1, 0.15) is 23.1 Å². The van der Waals surface area contributed by atoms with Crippen LogP contribution in [0.5, 0.6) is 11.5 Å². The van der Waals surface area contributed by atoms with Gasteiger partial charge in [-0.25, -0.2) is 17.2 Å².